The molecular weight excluding hydrogens is 296 g/mol. The smallest absolute Gasteiger partial charge is 0.0947 e. The van der Waals surface area contributed by atoms with E-state index in [1.165, 1.54) is 42.0 Å². The Balaban J connectivity index is 1.79. The molecule has 2 aromatic heterocycles. The van der Waals surface area contributed by atoms with Gasteiger partial charge in [0.15, 0.2) is 0 Å². The monoisotopic (exact) mass is 320 g/mol. The summed E-state index contributed by atoms with van der Waals surface area (Å²) in [6.45, 7) is 5.40. The maximum absolute atomic E-state index is 4.65. The molecule has 21 heavy (non-hydrogen) atoms. The van der Waals surface area contributed by atoms with Crippen LogP contribution in [0.4, 0.5) is 0 Å². The molecule has 0 saturated carbocycles. The predicted octanol–water partition coefficient (Wildman–Crippen LogP) is 4.68. The Morgan fingerprint density at radius 1 is 1.33 bits per heavy atom. The van der Waals surface area contributed by atoms with Crippen LogP contribution in [0.15, 0.2) is 11.4 Å². The van der Waals surface area contributed by atoms with Crippen LogP contribution >= 0.6 is 22.7 Å². The lowest BCUT2D eigenvalue weighted by atomic mass is 9.98. The highest BCUT2D eigenvalue weighted by atomic mass is 32.1. The van der Waals surface area contributed by atoms with Gasteiger partial charge in [-0.25, -0.2) is 4.98 Å². The normalized spacial score (nSPS) is 15.9. The number of fused-ring (bicyclic) bond motifs is 1. The summed E-state index contributed by atoms with van der Waals surface area (Å²) >= 11 is 3.83. The largest absolute Gasteiger partial charge is 0.309 e. The van der Waals surface area contributed by atoms with Crippen molar-refractivity contribution in [3.8, 4) is 0 Å². The lowest BCUT2D eigenvalue weighted by Crippen LogP contribution is -2.23. The summed E-state index contributed by atoms with van der Waals surface area (Å²) in [5, 5.41) is 7.14. The molecule has 1 unspecified atom stereocenters. The first-order valence-electron chi connectivity index (χ1n) is 8.02. The van der Waals surface area contributed by atoms with Crippen LogP contribution in [-0.2, 0) is 19.3 Å². The zero-order chi connectivity index (χ0) is 14.7. The standard InChI is InChI=1S/C17H24N2S2/c1-3-8-18-14(10-17-19-12(2)11-20-17)16-9-13-6-4-5-7-15(13)21-16/h9,11,14,18H,3-8,10H2,1-2H3. The van der Waals surface area contributed by atoms with Gasteiger partial charge in [0.1, 0.15) is 0 Å². The van der Waals surface area contributed by atoms with Gasteiger partial charge in [0.05, 0.1) is 5.01 Å². The number of hydrogen-bond donors (Lipinski definition) is 1. The van der Waals surface area contributed by atoms with Crippen LogP contribution < -0.4 is 5.32 Å². The van der Waals surface area contributed by atoms with E-state index in [0.717, 1.165) is 18.7 Å². The molecule has 0 spiro atoms. The van der Waals surface area contributed by atoms with E-state index >= 15 is 0 Å². The molecule has 4 heteroatoms. The number of nitrogens with one attached hydrogen (secondary N) is 1. The maximum Gasteiger partial charge on any atom is 0.0947 e. The summed E-state index contributed by atoms with van der Waals surface area (Å²) in [5.41, 5.74) is 2.76. The fourth-order valence-electron chi connectivity index (χ4n) is 2.95. The van der Waals surface area contributed by atoms with Gasteiger partial charge in [-0.15, -0.1) is 22.7 Å². The number of thiophene rings is 1. The fraction of sp³-hybridized carbons (Fsp3) is 0.588. The zero-order valence-electron chi connectivity index (χ0n) is 12.9. The van der Waals surface area contributed by atoms with Crippen LogP contribution in [0.2, 0.25) is 0 Å². The molecule has 1 aliphatic carbocycles. The van der Waals surface area contributed by atoms with E-state index < -0.39 is 0 Å². The van der Waals surface area contributed by atoms with Gasteiger partial charge in [-0.2, -0.15) is 0 Å². The van der Waals surface area contributed by atoms with Crippen LogP contribution in [0.25, 0.3) is 0 Å². The first-order valence-corrected chi connectivity index (χ1v) is 9.71. The highest BCUT2D eigenvalue weighted by Gasteiger charge is 2.20. The Morgan fingerprint density at radius 3 is 2.90 bits per heavy atom. The van der Waals surface area contributed by atoms with Crippen molar-refractivity contribution in [2.75, 3.05) is 6.54 Å². The predicted molar refractivity (Wildman–Crippen MR) is 92.6 cm³/mol. The van der Waals surface area contributed by atoms with Crippen molar-refractivity contribution in [2.45, 2.75) is 58.4 Å². The van der Waals surface area contributed by atoms with Gasteiger partial charge in [-0.1, -0.05) is 6.92 Å². The quantitative estimate of drug-likeness (QED) is 0.836. The van der Waals surface area contributed by atoms with Crippen LogP contribution in [-0.4, -0.2) is 11.5 Å². The molecule has 0 radical (unpaired) electrons. The molecule has 1 aliphatic rings. The average molecular weight is 321 g/mol. The Bertz CT molecular complexity index is 562. The first-order chi connectivity index (χ1) is 10.3. The van der Waals surface area contributed by atoms with Crippen molar-refractivity contribution in [1.29, 1.82) is 0 Å². The Kier molecular flexibility index (Phi) is 5.09. The van der Waals surface area contributed by atoms with E-state index in [1.807, 2.05) is 11.3 Å². The summed E-state index contributed by atoms with van der Waals surface area (Å²) in [6, 6.07) is 2.90. The molecule has 1 N–H and O–H groups in total. The molecule has 114 valence electrons. The van der Waals surface area contributed by atoms with Crippen LogP contribution in [0.3, 0.4) is 0 Å². The lowest BCUT2D eigenvalue weighted by Gasteiger charge is -2.15. The third-order valence-electron chi connectivity index (χ3n) is 4.05. The second-order valence-corrected chi connectivity index (χ2v) is 8.01. The number of aromatic nitrogens is 1. The van der Waals surface area contributed by atoms with Gasteiger partial charge in [-0.05, 0) is 57.2 Å². The van der Waals surface area contributed by atoms with E-state index in [0.29, 0.717) is 6.04 Å². The molecule has 2 nitrogen and oxygen atoms in total. The van der Waals surface area contributed by atoms with E-state index in [2.05, 4.69) is 35.6 Å². The average Bonchev–Trinajstić information content (AvgIpc) is 3.09. The SMILES string of the molecule is CCCNC(Cc1nc(C)cs1)c1cc2c(s1)CCCC2. The minimum absolute atomic E-state index is 0.436. The molecular formula is C17H24N2S2. The molecule has 0 aliphatic heterocycles. The Morgan fingerprint density at radius 2 is 2.19 bits per heavy atom. The van der Waals surface area contributed by atoms with Crippen LogP contribution in [0.5, 0.6) is 0 Å². The van der Waals surface area contributed by atoms with Crippen molar-refractivity contribution in [1.82, 2.24) is 10.3 Å². The lowest BCUT2D eigenvalue weighted by molar-refractivity contribution is 0.535. The minimum atomic E-state index is 0.436. The van der Waals surface area contributed by atoms with Gasteiger partial charge in [0, 0.05) is 33.3 Å². The van der Waals surface area contributed by atoms with Crippen molar-refractivity contribution in [2.24, 2.45) is 0 Å². The van der Waals surface area contributed by atoms with E-state index in [9.17, 15) is 0 Å². The van der Waals surface area contributed by atoms with Crippen molar-refractivity contribution >= 4 is 22.7 Å². The van der Waals surface area contributed by atoms with E-state index in [-0.39, 0.29) is 0 Å². The summed E-state index contributed by atoms with van der Waals surface area (Å²) < 4.78 is 0. The van der Waals surface area contributed by atoms with E-state index in [4.69, 9.17) is 0 Å². The van der Waals surface area contributed by atoms with Crippen molar-refractivity contribution in [3.05, 3.63) is 37.5 Å². The summed E-state index contributed by atoms with van der Waals surface area (Å²) in [5.74, 6) is 0. The number of hydrogen-bond acceptors (Lipinski definition) is 4. The number of aryl methyl sites for hydroxylation is 3. The molecule has 2 heterocycles. The maximum atomic E-state index is 4.65. The van der Waals surface area contributed by atoms with Crippen LogP contribution in [0.1, 0.15) is 58.2 Å². The Hall–Kier alpha value is -0.710. The second-order valence-electron chi connectivity index (χ2n) is 5.90. The van der Waals surface area contributed by atoms with Gasteiger partial charge in [0.25, 0.3) is 0 Å². The molecule has 2 aromatic rings. The topological polar surface area (TPSA) is 24.9 Å². The van der Waals surface area contributed by atoms with Crippen molar-refractivity contribution in [3.63, 3.8) is 0 Å². The number of rotatable bonds is 6. The van der Waals surface area contributed by atoms with E-state index in [1.54, 1.807) is 21.8 Å². The summed E-state index contributed by atoms with van der Waals surface area (Å²) in [7, 11) is 0. The zero-order valence-corrected chi connectivity index (χ0v) is 14.6. The highest BCUT2D eigenvalue weighted by molar-refractivity contribution is 7.12. The van der Waals surface area contributed by atoms with Gasteiger partial charge in [0.2, 0.25) is 0 Å². The number of thiazole rings is 1. The van der Waals surface area contributed by atoms with Crippen LogP contribution in [0, 0.1) is 6.92 Å². The molecule has 0 fully saturated rings. The molecule has 0 bridgehead atoms. The van der Waals surface area contributed by atoms with Gasteiger partial charge in [-0.3, -0.25) is 0 Å². The summed E-state index contributed by atoms with van der Waals surface area (Å²) in [6.07, 6.45) is 7.50. The molecule has 3 rings (SSSR count). The van der Waals surface area contributed by atoms with Gasteiger partial charge < -0.3 is 5.32 Å². The Labute approximate surface area is 135 Å². The third kappa shape index (κ3) is 3.74. The molecule has 0 saturated heterocycles. The first kappa shape index (κ1) is 15.2. The molecule has 1 atom stereocenters. The number of nitrogens with zero attached hydrogens (tertiary/aromatic N) is 1. The van der Waals surface area contributed by atoms with Crippen molar-refractivity contribution < 1.29 is 0 Å². The fourth-order valence-corrected chi connectivity index (χ4v) is 5.10. The molecule has 0 aromatic carbocycles. The second kappa shape index (κ2) is 7.03. The third-order valence-corrected chi connectivity index (χ3v) is 6.38. The van der Waals surface area contributed by atoms with Gasteiger partial charge >= 0.3 is 0 Å². The minimum Gasteiger partial charge on any atom is -0.309 e. The molecule has 0 amide bonds. The highest BCUT2D eigenvalue weighted by Crippen LogP contribution is 2.34. The summed E-state index contributed by atoms with van der Waals surface area (Å²) in [4.78, 5) is 7.80.